The van der Waals surface area contributed by atoms with Gasteiger partial charge in [0.25, 0.3) is 5.91 Å². The van der Waals surface area contributed by atoms with E-state index in [4.69, 9.17) is 5.11 Å². The van der Waals surface area contributed by atoms with Crippen LogP contribution >= 0.6 is 0 Å². The Hall–Kier alpha value is -1.85. The molecule has 2 N–H and O–H groups in total. The number of aromatic nitrogens is 2. The molecule has 0 bridgehead atoms. The maximum atomic E-state index is 11.2. The van der Waals surface area contributed by atoms with Crippen molar-refractivity contribution in [3.8, 4) is 0 Å². The Morgan fingerprint density at radius 2 is 2.23 bits per heavy atom. The second-order valence-electron chi connectivity index (χ2n) is 2.41. The van der Waals surface area contributed by atoms with E-state index < -0.39 is 11.9 Å². The van der Waals surface area contributed by atoms with Crippen LogP contribution in [0.5, 0.6) is 0 Å². The number of rotatable bonds is 2. The third-order valence-electron chi connectivity index (χ3n) is 1.61. The van der Waals surface area contributed by atoms with Crippen LogP contribution in [0.2, 0.25) is 0 Å². The molecule has 1 amide bonds. The molecule has 6 heteroatoms. The first-order chi connectivity index (χ1) is 6.07. The minimum absolute atomic E-state index is 0.0509. The number of aromatic carboxylic acids is 1. The Kier molecular flexibility index (Phi) is 2.32. The van der Waals surface area contributed by atoms with Crippen LogP contribution in [0.1, 0.15) is 20.8 Å². The van der Waals surface area contributed by atoms with Crippen molar-refractivity contribution in [3.05, 3.63) is 17.5 Å². The highest BCUT2D eigenvalue weighted by Crippen LogP contribution is 2.06. The lowest BCUT2D eigenvalue weighted by atomic mass is 10.2. The molecule has 1 aromatic heterocycles. The molecule has 6 nitrogen and oxygen atoms in total. The zero-order valence-electron chi connectivity index (χ0n) is 7.24. The van der Waals surface area contributed by atoms with Crippen LogP contribution in [0.4, 0.5) is 0 Å². The number of hydrogen-bond acceptors (Lipinski definition) is 3. The summed E-state index contributed by atoms with van der Waals surface area (Å²) in [7, 11) is 2.94. The standard InChI is InChI=1S/C7H9N3O3/c1-8-6(11)5-4(7(12)13)3-9-10(5)2/h3H,1-2H3,(H,8,11)(H,12,13). The molecule has 1 rings (SSSR count). The maximum absolute atomic E-state index is 11.2. The third-order valence-corrected chi connectivity index (χ3v) is 1.61. The molecule has 0 aromatic carbocycles. The molecule has 1 heterocycles. The van der Waals surface area contributed by atoms with Gasteiger partial charge in [-0.3, -0.25) is 9.48 Å². The Morgan fingerprint density at radius 1 is 1.62 bits per heavy atom. The molecule has 0 saturated carbocycles. The van der Waals surface area contributed by atoms with Crippen molar-refractivity contribution in [1.82, 2.24) is 15.1 Å². The lowest BCUT2D eigenvalue weighted by Crippen LogP contribution is -2.23. The Balaban J connectivity index is 3.24. The quantitative estimate of drug-likeness (QED) is 0.646. The van der Waals surface area contributed by atoms with Crippen LogP contribution in [-0.2, 0) is 7.05 Å². The summed E-state index contributed by atoms with van der Waals surface area (Å²) in [6.45, 7) is 0. The van der Waals surface area contributed by atoms with Gasteiger partial charge < -0.3 is 10.4 Å². The normalized spacial score (nSPS) is 9.69. The van der Waals surface area contributed by atoms with Crippen LogP contribution in [-0.4, -0.2) is 33.8 Å². The van der Waals surface area contributed by atoms with Crippen molar-refractivity contribution in [1.29, 1.82) is 0 Å². The van der Waals surface area contributed by atoms with Gasteiger partial charge in [-0.15, -0.1) is 0 Å². The van der Waals surface area contributed by atoms with Crippen molar-refractivity contribution in [2.45, 2.75) is 0 Å². The molecule has 0 spiro atoms. The summed E-state index contributed by atoms with van der Waals surface area (Å²) < 4.78 is 1.22. The van der Waals surface area contributed by atoms with Crippen molar-refractivity contribution in [2.24, 2.45) is 7.05 Å². The summed E-state index contributed by atoms with van der Waals surface area (Å²) in [5.41, 5.74) is -0.0446. The van der Waals surface area contributed by atoms with Crippen LogP contribution in [0.3, 0.4) is 0 Å². The molecule has 0 radical (unpaired) electrons. The molecule has 0 aliphatic heterocycles. The van der Waals surface area contributed by atoms with E-state index in [-0.39, 0.29) is 11.3 Å². The van der Waals surface area contributed by atoms with E-state index in [1.807, 2.05) is 0 Å². The van der Waals surface area contributed by atoms with Gasteiger partial charge in [0.2, 0.25) is 0 Å². The third kappa shape index (κ3) is 1.51. The van der Waals surface area contributed by atoms with E-state index in [1.54, 1.807) is 0 Å². The molecular formula is C7H9N3O3. The minimum Gasteiger partial charge on any atom is -0.478 e. The number of carboxylic acid groups (broad SMARTS) is 1. The molecule has 0 aliphatic rings. The molecule has 0 fully saturated rings. The number of carbonyl (C=O) groups is 2. The second-order valence-corrected chi connectivity index (χ2v) is 2.41. The van der Waals surface area contributed by atoms with Crippen LogP contribution in [0.15, 0.2) is 6.20 Å². The Labute approximate surface area is 74.2 Å². The lowest BCUT2D eigenvalue weighted by Gasteiger charge is -2.00. The maximum Gasteiger partial charge on any atom is 0.339 e. The Bertz CT molecular complexity index is 356. The fourth-order valence-electron chi connectivity index (χ4n) is 0.982. The van der Waals surface area contributed by atoms with Gasteiger partial charge in [-0.2, -0.15) is 5.10 Å². The molecule has 1 aromatic rings. The van der Waals surface area contributed by atoms with Crippen LogP contribution in [0, 0.1) is 0 Å². The molecule has 70 valence electrons. The van der Waals surface area contributed by atoms with Crippen molar-refractivity contribution in [3.63, 3.8) is 0 Å². The zero-order chi connectivity index (χ0) is 10.0. The number of aryl methyl sites for hydroxylation is 1. The first-order valence-corrected chi connectivity index (χ1v) is 3.55. The number of carboxylic acids is 1. The number of nitrogens with one attached hydrogen (secondary N) is 1. The van der Waals surface area contributed by atoms with E-state index in [2.05, 4.69) is 10.4 Å². The molecular weight excluding hydrogens is 174 g/mol. The fraction of sp³-hybridized carbons (Fsp3) is 0.286. The topological polar surface area (TPSA) is 84.2 Å². The van der Waals surface area contributed by atoms with Crippen molar-refractivity contribution in [2.75, 3.05) is 7.05 Å². The molecule has 13 heavy (non-hydrogen) atoms. The monoisotopic (exact) mass is 183 g/mol. The van der Waals surface area contributed by atoms with E-state index >= 15 is 0 Å². The smallest absolute Gasteiger partial charge is 0.339 e. The van der Waals surface area contributed by atoms with Gasteiger partial charge in [0, 0.05) is 14.1 Å². The van der Waals surface area contributed by atoms with Gasteiger partial charge in [0.05, 0.1) is 6.20 Å². The highest BCUT2D eigenvalue weighted by Gasteiger charge is 2.20. The highest BCUT2D eigenvalue weighted by molar-refractivity contribution is 6.03. The van der Waals surface area contributed by atoms with Gasteiger partial charge in [-0.05, 0) is 0 Å². The largest absolute Gasteiger partial charge is 0.478 e. The SMILES string of the molecule is CNC(=O)c1c(C(=O)O)cnn1C. The second kappa shape index (κ2) is 3.26. The van der Waals surface area contributed by atoms with Gasteiger partial charge in [0.1, 0.15) is 11.3 Å². The van der Waals surface area contributed by atoms with Crippen molar-refractivity contribution < 1.29 is 14.7 Å². The lowest BCUT2D eigenvalue weighted by molar-refractivity contribution is 0.0690. The molecule has 0 saturated heterocycles. The van der Waals surface area contributed by atoms with E-state index in [1.165, 1.54) is 18.8 Å². The first kappa shape index (κ1) is 9.24. The predicted octanol–water partition coefficient (Wildman–Crippen LogP) is -0.522. The van der Waals surface area contributed by atoms with Gasteiger partial charge in [-0.25, -0.2) is 4.79 Å². The molecule has 0 aliphatic carbocycles. The molecule has 0 atom stereocenters. The average molecular weight is 183 g/mol. The summed E-state index contributed by atoms with van der Waals surface area (Å²) in [4.78, 5) is 21.8. The predicted molar refractivity (Wildman–Crippen MR) is 43.6 cm³/mol. The molecule has 0 unspecified atom stereocenters. The summed E-state index contributed by atoms with van der Waals surface area (Å²) in [6.07, 6.45) is 1.15. The highest BCUT2D eigenvalue weighted by atomic mass is 16.4. The van der Waals surface area contributed by atoms with Gasteiger partial charge in [-0.1, -0.05) is 0 Å². The number of amides is 1. The van der Waals surface area contributed by atoms with E-state index in [9.17, 15) is 9.59 Å². The summed E-state index contributed by atoms with van der Waals surface area (Å²) in [5.74, 6) is -1.62. The Morgan fingerprint density at radius 3 is 2.69 bits per heavy atom. The van der Waals surface area contributed by atoms with E-state index in [0.29, 0.717) is 0 Å². The zero-order valence-corrected chi connectivity index (χ0v) is 7.24. The minimum atomic E-state index is -1.16. The number of hydrogen-bond donors (Lipinski definition) is 2. The van der Waals surface area contributed by atoms with Crippen LogP contribution < -0.4 is 5.32 Å². The van der Waals surface area contributed by atoms with Crippen LogP contribution in [0.25, 0.3) is 0 Å². The fourth-order valence-corrected chi connectivity index (χ4v) is 0.982. The average Bonchev–Trinajstić information content (AvgIpc) is 2.46. The number of carbonyl (C=O) groups excluding carboxylic acids is 1. The van der Waals surface area contributed by atoms with Gasteiger partial charge in [0.15, 0.2) is 0 Å². The summed E-state index contributed by atoms with van der Waals surface area (Å²) in [5, 5.41) is 14.7. The first-order valence-electron chi connectivity index (χ1n) is 3.55. The van der Waals surface area contributed by atoms with E-state index in [0.717, 1.165) is 6.20 Å². The van der Waals surface area contributed by atoms with Crippen molar-refractivity contribution >= 4 is 11.9 Å². The number of nitrogens with zero attached hydrogens (tertiary/aromatic N) is 2. The van der Waals surface area contributed by atoms with Gasteiger partial charge >= 0.3 is 5.97 Å². The summed E-state index contributed by atoms with van der Waals surface area (Å²) >= 11 is 0. The summed E-state index contributed by atoms with van der Waals surface area (Å²) in [6, 6.07) is 0.